The second kappa shape index (κ2) is 5.69. The Hall–Kier alpha value is -0.810. The van der Waals surface area contributed by atoms with Crippen molar-refractivity contribution in [3.63, 3.8) is 0 Å². The number of sulfone groups is 1. The standard InChI is InChI=1S/C12H16O3S2/c1-9(6-7-13)10-4-5-11(16-2)12(8-10)17(3,14)15/h4-5,7-9H,6H2,1-3H3. The van der Waals surface area contributed by atoms with Gasteiger partial charge < -0.3 is 4.79 Å². The summed E-state index contributed by atoms with van der Waals surface area (Å²) in [6, 6.07) is 5.36. The number of hydrogen-bond acceptors (Lipinski definition) is 4. The normalized spacial score (nSPS) is 13.4. The molecular formula is C12H16O3S2. The molecule has 1 aromatic rings. The van der Waals surface area contributed by atoms with Crippen molar-refractivity contribution in [1.29, 1.82) is 0 Å². The van der Waals surface area contributed by atoms with Gasteiger partial charge in [-0.3, -0.25) is 0 Å². The lowest BCUT2D eigenvalue weighted by Gasteiger charge is -2.12. The van der Waals surface area contributed by atoms with Crippen molar-refractivity contribution in [2.75, 3.05) is 12.5 Å². The van der Waals surface area contributed by atoms with Crippen LogP contribution in [-0.4, -0.2) is 27.2 Å². The van der Waals surface area contributed by atoms with Gasteiger partial charge in [0, 0.05) is 17.6 Å². The van der Waals surface area contributed by atoms with Crippen molar-refractivity contribution in [1.82, 2.24) is 0 Å². The molecule has 1 rings (SSSR count). The fourth-order valence-electron chi connectivity index (χ4n) is 1.57. The van der Waals surface area contributed by atoms with Crippen LogP contribution in [0.25, 0.3) is 0 Å². The fourth-order valence-corrected chi connectivity index (χ4v) is 3.52. The number of benzene rings is 1. The molecular weight excluding hydrogens is 256 g/mol. The summed E-state index contributed by atoms with van der Waals surface area (Å²) in [5, 5.41) is 0. The second-order valence-corrected chi connectivity index (χ2v) is 6.82. The molecule has 94 valence electrons. The summed E-state index contributed by atoms with van der Waals surface area (Å²) in [6.45, 7) is 1.91. The fraction of sp³-hybridized carbons (Fsp3) is 0.417. The van der Waals surface area contributed by atoms with E-state index in [-0.39, 0.29) is 5.92 Å². The van der Waals surface area contributed by atoms with E-state index in [0.717, 1.165) is 16.7 Å². The Kier molecular flexibility index (Phi) is 4.77. The summed E-state index contributed by atoms with van der Waals surface area (Å²) >= 11 is 1.41. The highest BCUT2D eigenvalue weighted by molar-refractivity contribution is 7.99. The van der Waals surface area contributed by atoms with Gasteiger partial charge in [-0.2, -0.15) is 0 Å². The average Bonchev–Trinajstić information content (AvgIpc) is 2.27. The van der Waals surface area contributed by atoms with Crippen LogP contribution in [0.1, 0.15) is 24.8 Å². The number of carbonyl (C=O) groups excluding carboxylic acids is 1. The van der Waals surface area contributed by atoms with E-state index in [4.69, 9.17) is 0 Å². The third kappa shape index (κ3) is 3.57. The first kappa shape index (κ1) is 14.3. The van der Waals surface area contributed by atoms with E-state index < -0.39 is 9.84 Å². The van der Waals surface area contributed by atoms with Crippen molar-refractivity contribution in [2.45, 2.75) is 29.1 Å². The number of thioether (sulfide) groups is 1. The van der Waals surface area contributed by atoms with Crippen LogP contribution in [0, 0.1) is 0 Å². The van der Waals surface area contributed by atoms with Crippen molar-refractivity contribution in [3.8, 4) is 0 Å². The van der Waals surface area contributed by atoms with Crippen molar-refractivity contribution >= 4 is 27.9 Å². The first-order valence-corrected chi connectivity index (χ1v) is 8.33. The van der Waals surface area contributed by atoms with Crippen LogP contribution in [0.4, 0.5) is 0 Å². The van der Waals surface area contributed by atoms with Crippen LogP contribution in [-0.2, 0) is 14.6 Å². The quantitative estimate of drug-likeness (QED) is 0.610. The van der Waals surface area contributed by atoms with Gasteiger partial charge in [-0.15, -0.1) is 11.8 Å². The molecule has 0 bridgehead atoms. The lowest BCUT2D eigenvalue weighted by atomic mass is 9.99. The van der Waals surface area contributed by atoms with E-state index in [1.807, 2.05) is 19.2 Å². The topological polar surface area (TPSA) is 51.2 Å². The Balaban J connectivity index is 3.27. The zero-order valence-corrected chi connectivity index (χ0v) is 11.8. The minimum atomic E-state index is -3.23. The molecule has 1 unspecified atom stereocenters. The predicted octanol–water partition coefficient (Wildman–Crippen LogP) is 2.50. The first-order valence-electron chi connectivity index (χ1n) is 5.21. The summed E-state index contributed by atoms with van der Waals surface area (Å²) in [5.41, 5.74) is 0.885. The molecule has 0 saturated heterocycles. The van der Waals surface area contributed by atoms with E-state index in [2.05, 4.69) is 0 Å². The maximum absolute atomic E-state index is 11.7. The lowest BCUT2D eigenvalue weighted by molar-refractivity contribution is -0.108. The van der Waals surface area contributed by atoms with E-state index >= 15 is 0 Å². The Morgan fingerprint density at radius 2 is 2.06 bits per heavy atom. The highest BCUT2D eigenvalue weighted by atomic mass is 32.2. The van der Waals surface area contributed by atoms with Gasteiger partial charge in [-0.25, -0.2) is 8.42 Å². The number of rotatable bonds is 5. The molecule has 0 aromatic heterocycles. The van der Waals surface area contributed by atoms with Gasteiger partial charge >= 0.3 is 0 Å². The Morgan fingerprint density at radius 1 is 1.41 bits per heavy atom. The van der Waals surface area contributed by atoms with Crippen LogP contribution >= 0.6 is 11.8 Å². The molecule has 0 aliphatic rings. The van der Waals surface area contributed by atoms with Crippen molar-refractivity contribution in [3.05, 3.63) is 23.8 Å². The average molecular weight is 272 g/mol. The molecule has 0 N–H and O–H groups in total. The van der Waals surface area contributed by atoms with Crippen LogP contribution in [0.2, 0.25) is 0 Å². The summed E-state index contributed by atoms with van der Waals surface area (Å²) in [7, 11) is -3.23. The lowest BCUT2D eigenvalue weighted by Crippen LogP contribution is -2.02. The van der Waals surface area contributed by atoms with Gasteiger partial charge in [-0.1, -0.05) is 13.0 Å². The van der Waals surface area contributed by atoms with Crippen LogP contribution in [0.5, 0.6) is 0 Å². The van der Waals surface area contributed by atoms with Gasteiger partial charge in [0.05, 0.1) is 4.90 Å². The molecule has 0 aliphatic heterocycles. The summed E-state index contributed by atoms with van der Waals surface area (Å²) in [4.78, 5) is 11.6. The molecule has 5 heteroatoms. The van der Waals surface area contributed by atoms with E-state index in [1.165, 1.54) is 18.0 Å². The predicted molar refractivity (Wildman–Crippen MR) is 70.4 cm³/mol. The summed E-state index contributed by atoms with van der Waals surface area (Å²) in [6.07, 6.45) is 4.31. The molecule has 0 saturated carbocycles. The number of carbonyl (C=O) groups is 1. The van der Waals surface area contributed by atoms with Crippen molar-refractivity contribution < 1.29 is 13.2 Å². The molecule has 3 nitrogen and oxygen atoms in total. The smallest absolute Gasteiger partial charge is 0.176 e. The first-order chi connectivity index (χ1) is 7.90. The highest BCUT2D eigenvalue weighted by Crippen LogP contribution is 2.29. The zero-order chi connectivity index (χ0) is 13.1. The molecule has 0 heterocycles. The van der Waals surface area contributed by atoms with Gasteiger partial charge in [-0.05, 0) is 29.9 Å². The molecule has 1 aromatic carbocycles. The zero-order valence-electron chi connectivity index (χ0n) is 10.1. The van der Waals surface area contributed by atoms with Gasteiger partial charge in [0.1, 0.15) is 6.29 Å². The van der Waals surface area contributed by atoms with Crippen LogP contribution < -0.4 is 0 Å². The molecule has 0 aliphatic carbocycles. The molecule has 0 amide bonds. The van der Waals surface area contributed by atoms with E-state index in [9.17, 15) is 13.2 Å². The summed E-state index contributed by atoms with van der Waals surface area (Å²) in [5.74, 6) is 0.0453. The van der Waals surface area contributed by atoms with Crippen LogP contribution in [0.3, 0.4) is 0 Å². The molecule has 0 spiro atoms. The number of hydrogen-bond donors (Lipinski definition) is 0. The molecule has 1 atom stereocenters. The highest BCUT2D eigenvalue weighted by Gasteiger charge is 2.15. The SMILES string of the molecule is CSc1ccc(C(C)CC=O)cc1S(C)(=O)=O. The third-order valence-corrected chi connectivity index (χ3v) is 4.67. The van der Waals surface area contributed by atoms with E-state index in [0.29, 0.717) is 11.3 Å². The van der Waals surface area contributed by atoms with Gasteiger partial charge in [0.2, 0.25) is 0 Å². The minimum Gasteiger partial charge on any atom is -0.303 e. The monoisotopic (exact) mass is 272 g/mol. The Labute approximate surface area is 107 Å². The van der Waals surface area contributed by atoms with Gasteiger partial charge in [0.15, 0.2) is 9.84 Å². The Morgan fingerprint density at radius 3 is 2.53 bits per heavy atom. The molecule has 0 radical (unpaired) electrons. The molecule has 17 heavy (non-hydrogen) atoms. The van der Waals surface area contributed by atoms with Crippen LogP contribution in [0.15, 0.2) is 28.0 Å². The van der Waals surface area contributed by atoms with Crippen molar-refractivity contribution in [2.24, 2.45) is 0 Å². The molecule has 0 fully saturated rings. The van der Waals surface area contributed by atoms with E-state index in [1.54, 1.807) is 12.1 Å². The summed E-state index contributed by atoms with van der Waals surface area (Å²) < 4.78 is 23.3. The van der Waals surface area contributed by atoms with Gasteiger partial charge in [0.25, 0.3) is 0 Å². The minimum absolute atomic E-state index is 0.0453. The number of aldehydes is 1. The maximum Gasteiger partial charge on any atom is 0.176 e. The third-order valence-electron chi connectivity index (χ3n) is 2.61. The maximum atomic E-state index is 11.7. The Bertz CT molecular complexity index is 506. The largest absolute Gasteiger partial charge is 0.303 e. The second-order valence-electron chi connectivity index (χ2n) is 3.99.